The fraction of sp³-hybridized carbons (Fsp3) is 0.0741. The van der Waals surface area contributed by atoms with E-state index in [9.17, 15) is 14.4 Å². The first-order valence-electron chi connectivity index (χ1n) is 10.9. The van der Waals surface area contributed by atoms with E-state index in [0.717, 1.165) is 10.8 Å². The van der Waals surface area contributed by atoms with E-state index in [1.54, 1.807) is 42.5 Å². The maximum Gasteiger partial charge on any atom is 0.241 e. The van der Waals surface area contributed by atoms with Gasteiger partial charge in [-0.2, -0.15) is 0 Å². The van der Waals surface area contributed by atoms with Crippen LogP contribution in [0, 0.1) is 0 Å². The van der Waals surface area contributed by atoms with Gasteiger partial charge in [-0.15, -0.1) is 0 Å². The standard InChI is InChI=1S/C27H19Cl2N3O3/c28-21-6-3-7-22(29)20(21)14-24(33)30-17-9-11-18(12-10-17)32-23-13-8-16-4-1-2-5-19(16)27(23)31-25(34)15-26(32)35/h1-13H,14-15H2,(H,30,33)(H,31,34). The van der Waals surface area contributed by atoms with Gasteiger partial charge in [0.2, 0.25) is 17.7 Å². The molecule has 0 atom stereocenters. The highest BCUT2D eigenvalue weighted by Gasteiger charge is 2.28. The van der Waals surface area contributed by atoms with Gasteiger partial charge in [0.05, 0.1) is 17.8 Å². The van der Waals surface area contributed by atoms with Crippen LogP contribution in [-0.4, -0.2) is 17.7 Å². The van der Waals surface area contributed by atoms with Gasteiger partial charge >= 0.3 is 0 Å². The number of carbonyl (C=O) groups excluding carboxylic acids is 3. The number of fused-ring (bicyclic) bond motifs is 3. The van der Waals surface area contributed by atoms with Crippen molar-refractivity contribution < 1.29 is 14.4 Å². The SMILES string of the molecule is O=C(Cc1c(Cl)cccc1Cl)Nc1ccc(N2C(=O)CC(=O)Nc3c2ccc2ccccc32)cc1. The minimum atomic E-state index is -0.364. The second-order valence-corrected chi connectivity index (χ2v) is 8.92. The first-order chi connectivity index (χ1) is 16.9. The second-order valence-electron chi connectivity index (χ2n) is 8.11. The lowest BCUT2D eigenvalue weighted by molar-refractivity contribution is -0.124. The average Bonchev–Trinajstić information content (AvgIpc) is 2.96. The first-order valence-corrected chi connectivity index (χ1v) is 11.6. The summed E-state index contributed by atoms with van der Waals surface area (Å²) in [6.07, 6.45) is -0.251. The van der Waals surface area contributed by atoms with Crippen LogP contribution in [0.15, 0.2) is 78.9 Å². The number of carbonyl (C=O) groups is 3. The van der Waals surface area contributed by atoms with Gasteiger partial charge < -0.3 is 10.6 Å². The molecule has 174 valence electrons. The maximum absolute atomic E-state index is 13.0. The summed E-state index contributed by atoms with van der Waals surface area (Å²) in [5.41, 5.74) is 2.87. The Labute approximate surface area is 211 Å². The molecule has 0 saturated heterocycles. The Bertz CT molecular complexity index is 1470. The highest BCUT2D eigenvalue weighted by Crippen LogP contribution is 2.40. The molecule has 1 aliphatic heterocycles. The topological polar surface area (TPSA) is 78.5 Å². The number of hydrogen-bond donors (Lipinski definition) is 2. The fourth-order valence-corrected chi connectivity index (χ4v) is 4.69. The van der Waals surface area contributed by atoms with E-state index in [4.69, 9.17) is 23.2 Å². The molecule has 0 bridgehead atoms. The van der Waals surface area contributed by atoms with E-state index in [0.29, 0.717) is 38.4 Å². The van der Waals surface area contributed by atoms with Gasteiger partial charge in [0.1, 0.15) is 6.42 Å². The molecule has 0 saturated carbocycles. The minimum absolute atomic E-state index is 0.0269. The van der Waals surface area contributed by atoms with E-state index in [1.807, 2.05) is 36.4 Å². The van der Waals surface area contributed by atoms with Gasteiger partial charge in [-0.25, -0.2) is 0 Å². The minimum Gasteiger partial charge on any atom is -0.326 e. The molecule has 5 rings (SSSR count). The third kappa shape index (κ3) is 4.58. The first kappa shape index (κ1) is 22.9. The van der Waals surface area contributed by atoms with Crippen LogP contribution < -0.4 is 15.5 Å². The molecule has 0 fully saturated rings. The predicted molar refractivity (Wildman–Crippen MR) is 140 cm³/mol. The number of rotatable bonds is 4. The summed E-state index contributed by atoms with van der Waals surface area (Å²) in [6, 6.07) is 23.4. The molecule has 6 nitrogen and oxygen atoms in total. The lowest BCUT2D eigenvalue weighted by Crippen LogP contribution is -2.26. The molecule has 3 amide bonds. The molecule has 2 N–H and O–H groups in total. The molecule has 4 aromatic carbocycles. The summed E-state index contributed by atoms with van der Waals surface area (Å²) in [6.45, 7) is 0. The Kier molecular flexibility index (Phi) is 6.16. The summed E-state index contributed by atoms with van der Waals surface area (Å²) in [5, 5.41) is 8.37. The highest BCUT2D eigenvalue weighted by atomic mass is 35.5. The van der Waals surface area contributed by atoms with Crippen molar-refractivity contribution >= 4 is 74.4 Å². The zero-order chi connectivity index (χ0) is 24.5. The van der Waals surface area contributed by atoms with Crippen LogP contribution in [0.5, 0.6) is 0 Å². The molecular formula is C27H19Cl2N3O3. The van der Waals surface area contributed by atoms with Gasteiger partial charge in [-0.05, 0) is 53.4 Å². The van der Waals surface area contributed by atoms with Crippen molar-refractivity contribution in [3.05, 3.63) is 94.5 Å². The van der Waals surface area contributed by atoms with Gasteiger partial charge in [0, 0.05) is 26.8 Å². The molecule has 35 heavy (non-hydrogen) atoms. The molecule has 0 aliphatic carbocycles. The summed E-state index contributed by atoms with van der Waals surface area (Å²) < 4.78 is 0. The van der Waals surface area contributed by atoms with Gasteiger partial charge in [-0.3, -0.25) is 19.3 Å². The van der Waals surface area contributed by atoms with Crippen molar-refractivity contribution in [3.8, 4) is 0 Å². The van der Waals surface area contributed by atoms with E-state index in [2.05, 4.69) is 10.6 Å². The number of anilines is 4. The number of nitrogens with one attached hydrogen (secondary N) is 2. The summed E-state index contributed by atoms with van der Waals surface area (Å²) in [5.74, 6) is -0.982. The number of nitrogens with zero attached hydrogens (tertiary/aromatic N) is 1. The maximum atomic E-state index is 13.0. The fourth-order valence-electron chi connectivity index (χ4n) is 4.16. The van der Waals surface area contributed by atoms with Crippen molar-refractivity contribution in [1.29, 1.82) is 0 Å². The van der Waals surface area contributed by atoms with E-state index in [-0.39, 0.29) is 30.6 Å². The third-order valence-corrected chi connectivity index (χ3v) is 6.49. The lowest BCUT2D eigenvalue weighted by atomic mass is 10.1. The van der Waals surface area contributed by atoms with Crippen molar-refractivity contribution in [3.63, 3.8) is 0 Å². The van der Waals surface area contributed by atoms with Gasteiger partial charge in [0.15, 0.2) is 0 Å². The van der Waals surface area contributed by atoms with Crippen LogP contribution in [0.1, 0.15) is 12.0 Å². The van der Waals surface area contributed by atoms with Gasteiger partial charge in [0.25, 0.3) is 0 Å². The molecule has 0 aromatic heterocycles. The molecule has 8 heteroatoms. The van der Waals surface area contributed by atoms with Crippen LogP contribution in [0.25, 0.3) is 10.8 Å². The summed E-state index contributed by atoms with van der Waals surface area (Å²) in [7, 11) is 0. The zero-order valence-electron chi connectivity index (χ0n) is 18.3. The lowest BCUT2D eigenvalue weighted by Gasteiger charge is -2.23. The summed E-state index contributed by atoms with van der Waals surface area (Å²) in [4.78, 5) is 39.5. The normalized spacial score (nSPS) is 13.3. The molecule has 0 unspecified atom stereocenters. The average molecular weight is 504 g/mol. The predicted octanol–water partition coefficient (Wildman–Crippen LogP) is 6.33. The number of benzene rings is 4. The molecule has 0 radical (unpaired) electrons. The van der Waals surface area contributed by atoms with Crippen molar-refractivity contribution in [1.82, 2.24) is 0 Å². The Morgan fingerprint density at radius 1 is 0.886 bits per heavy atom. The number of halogens is 2. The van der Waals surface area contributed by atoms with Crippen LogP contribution in [-0.2, 0) is 20.8 Å². The third-order valence-electron chi connectivity index (χ3n) is 5.78. The zero-order valence-corrected chi connectivity index (χ0v) is 19.9. The largest absolute Gasteiger partial charge is 0.326 e. The second kappa shape index (κ2) is 9.41. The Morgan fingerprint density at radius 3 is 2.34 bits per heavy atom. The van der Waals surface area contributed by atoms with Crippen LogP contribution in [0.2, 0.25) is 10.0 Å². The molecular weight excluding hydrogens is 485 g/mol. The van der Waals surface area contributed by atoms with E-state index in [1.165, 1.54) is 4.90 Å². The Balaban J connectivity index is 1.43. The summed E-state index contributed by atoms with van der Waals surface area (Å²) >= 11 is 12.3. The molecule has 1 aliphatic rings. The molecule has 1 heterocycles. The number of hydrogen-bond acceptors (Lipinski definition) is 3. The van der Waals surface area contributed by atoms with Crippen LogP contribution >= 0.6 is 23.2 Å². The van der Waals surface area contributed by atoms with Gasteiger partial charge in [-0.1, -0.05) is 59.6 Å². The van der Waals surface area contributed by atoms with Crippen molar-refractivity contribution in [2.45, 2.75) is 12.8 Å². The van der Waals surface area contributed by atoms with Crippen LogP contribution in [0.4, 0.5) is 22.7 Å². The van der Waals surface area contributed by atoms with Crippen LogP contribution in [0.3, 0.4) is 0 Å². The van der Waals surface area contributed by atoms with E-state index >= 15 is 0 Å². The smallest absolute Gasteiger partial charge is 0.241 e. The monoisotopic (exact) mass is 503 g/mol. The Hall–Kier alpha value is -3.87. The van der Waals surface area contributed by atoms with Crippen molar-refractivity contribution in [2.24, 2.45) is 0 Å². The molecule has 0 spiro atoms. The Morgan fingerprint density at radius 2 is 1.60 bits per heavy atom. The van der Waals surface area contributed by atoms with Crippen molar-refractivity contribution in [2.75, 3.05) is 15.5 Å². The number of amides is 3. The van der Waals surface area contributed by atoms with E-state index < -0.39 is 0 Å². The highest BCUT2D eigenvalue weighted by molar-refractivity contribution is 6.36. The molecule has 4 aromatic rings. The quantitative estimate of drug-likeness (QED) is 0.319.